The van der Waals surface area contributed by atoms with Crippen LogP contribution in [0.5, 0.6) is 0 Å². The van der Waals surface area contributed by atoms with E-state index in [1.165, 1.54) is 0 Å². The molecule has 0 amide bonds. The van der Waals surface area contributed by atoms with Gasteiger partial charge in [-0.25, -0.2) is 0 Å². The molecule has 0 unspecified atom stereocenters. The molecule has 0 spiro atoms. The Morgan fingerprint density at radius 2 is 1.55 bits per heavy atom. The summed E-state index contributed by atoms with van der Waals surface area (Å²) in [6.45, 7) is 14.6. The second kappa shape index (κ2) is 3.11. The van der Waals surface area contributed by atoms with Crippen molar-refractivity contribution in [1.82, 2.24) is 9.80 Å². The second-order valence-corrected chi connectivity index (χ2v) is 3.94. The Morgan fingerprint density at radius 1 is 1.09 bits per heavy atom. The molecule has 2 heteroatoms. The van der Waals surface area contributed by atoms with Crippen LogP contribution in [0.25, 0.3) is 0 Å². The normalized spacial score (nSPS) is 24.0. The zero-order chi connectivity index (χ0) is 8.48. The summed E-state index contributed by atoms with van der Waals surface area (Å²) < 4.78 is 0. The van der Waals surface area contributed by atoms with Crippen molar-refractivity contribution in [3.8, 4) is 0 Å². The molecule has 0 aromatic carbocycles. The molecule has 1 saturated heterocycles. The van der Waals surface area contributed by atoms with E-state index < -0.39 is 0 Å². The second-order valence-electron chi connectivity index (χ2n) is 3.94. The van der Waals surface area contributed by atoms with Gasteiger partial charge in [-0.05, 0) is 27.8 Å². The van der Waals surface area contributed by atoms with Gasteiger partial charge < -0.3 is 4.90 Å². The van der Waals surface area contributed by atoms with Crippen LogP contribution in [-0.2, 0) is 0 Å². The highest BCUT2D eigenvalue weighted by atomic mass is 15.3. The Kier molecular flexibility index (Phi) is 2.55. The van der Waals surface area contributed by atoms with Crippen LogP contribution in [0.2, 0.25) is 0 Å². The highest BCUT2D eigenvalue weighted by Gasteiger charge is 2.24. The predicted octanol–water partition coefficient (Wildman–Crippen LogP) is 0.723. The lowest BCUT2D eigenvalue weighted by atomic mass is 10.1. The first-order chi connectivity index (χ1) is 5.00. The number of hydrogen-bond donors (Lipinski definition) is 0. The van der Waals surface area contributed by atoms with E-state index in [0.717, 1.165) is 26.2 Å². The summed E-state index contributed by atoms with van der Waals surface area (Å²) in [5.74, 6) is 0. The van der Waals surface area contributed by atoms with Gasteiger partial charge in [0.05, 0.1) is 0 Å². The fourth-order valence-electron chi connectivity index (χ4n) is 1.38. The Hall–Kier alpha value is -0.0800. The molecule has 0 atom stereocenters. The molecule has 0 bridgehead atoms. The topological polar surface area (TPSA) is 6.48 Å². The van der Waals surface area contributed by atoms with E-state index in [0.29, 0.717) is 0 Å². The standard InChI is InChI=1S/C9H18N2/c1-9(2,3)11-7-5-10(4)6-8-11/h1H,5-8H2,2-4H3. The van der Waals surface area contributed by atoms with Crippen LogP contribution in [-0.4, -0.2) is 48.6 Å². The minimum Gasteiger partial charge on any atom is -0.304 e. The zero-order valence-electron chi connectivity index (χ0n) is 7.80. The van der Waals surface area contributed by atoms with E-state index in [2.05, 4.69) is 30.7 Å². The average molecular weight is 154 g/mol. The fraction of sp³-hybridized carbons (Fsp3) is 0.889. The molecular formula is C9H18N2. The van der Waals surface area contributed by atoms with E-state index in [9.17, 15) is 0 Å². The van der Waals surface area contributed by atoms with E-state index in [4.69, 9.17) is 6.92 Å². The zero-order valence-corrected chi connectivity index (χ0v) is 7.80. The van der Waals surface area contributed by atoms with Crippen LogP contribution in [0.4, 0.5) is 0 Å². The molecule has 1 aliphatic heterocycles. The van der Waals surface area contributed by atoms with Crippen molar-refractivity contribution < 1.29 is 0 Å². The van der Waals surface area contributed by atoms with Gasteiger partial charge in [0, 0.05) is 31.7 Å². The molecule has 11 heavy (non-hydrogen) atoms. The highest BCUT2D eigenvalue weighted by Crippen LogP contribution is 2.14. The quantitative estimate of drug-likeness (QED) is 0.549. The van der Waals surface area contributed by atoms with E-state index in [1.54, 1.807) is 0 Å². The summed E-state index contributed by atoms with van der Waals surface area (Å²) in [5.41, 5.74) is -0.138. The smallest absolute Gasteiger partial charge is 0.0189 e. The van der Waals surface area contributed by atoms with Crippen molar-refractivity contribution in [3.63, 3.8) is 0 Å². The van der Waals surface area contributed by atoms with E-state index in [-0.39, 0.29) is 5.54 Å². The van der Waals surface area contributed by atoms with Crippen LogP contribution in [0.3, 0.4) is 0 Å². The van der Waals surface area contributed by atoms with Crippen LogP contribution < -0.4 is 0 Å². The lowest BCUT2D eigenvalue weighted by Gasteiger charge is -2.40. The Labute approximate surface area is 70.2 Å². The van der Waals surface area contributed by atoms with Gasteiger partial charge in [-0.1, -0.05) is 0 Å². The Morgan fingerprint density at radius 3 is 1.91 bits per heavy atom. The fourth-order valence-corrected chi connectivity index (χ4v) is 1.38. The number of hydrogen-bond acceptors (Lipinski definition) is 2. The van der Waals surface area contributed by atoms with Gasteiger partial charge in [0.15, 0.2) is 0 Å². The third kappa shape index (κ3) is 2.46. The minimum absolute atomic E-state index is 0.138. The van der Waals surface area contributed by atoms with Crippen molar-refractivity contribution in [2.45, 2.75) is 19.4 Å². The van der Waals surface area contributed by atoms with Crippen molar-refractivity contribution in [3.05, 3.63) is 6.92 Å². The van der Waals surface area contributed by atoms with Crippen molar-refractivity contribution in [1.29, 1.82) is 0 Å². The maximum absolute atomic E-state index is 5.96. The average Bonchev–Trinajstić information content (AvgIpc) is 1.86. The first-order valence-corrected chi connectivity index (χ1v) is 4.22. The molecule has 0 saturated carbocycles. The lowest BCUT2D eigenvalue weighted by molar-refractivity contribution is 0.0881. The van der Waals surface area contributed by atoms with Gasteiger partial charge in [-0.15, -0.1) is 0 Å². The SMILES string of the molecule is [CH]C(C)(C)N1CCN(C)CC1. The van der Waals surface area contributed by atoms with Crippen LogP contribution in [0.15, 0.2) is 0 Å². The first kappa shape index (κ1) is 9.01. The lowest BCUT2D eigenvalue weighted by Crippen LogP contribution is -2.52. The number of nitrogens with zero attached hydrogens (tertiary/aromatic N) is 2. The number of piperazine rings is 1. The molecule has 1 rings (SSSR count). The molecule has 2 nitrogen and oxygen atoms in total. The number of likely N-dealkylation sites (N-methyl/N-ethyl adjacent to an activating group) is 1. The van der Waals surface area contributed by atoms with Gasteiger partial charge in [0.1, 0.15) is 0 Å². The first-order valence-electron chi connectivity index (χ1n) is 4.22. The third-order valence-corrected chi connectivity index (χ3v) is 2.32. The van der Waals surface area contributed by atoms with Gasteiger partial charge in [-0.3, -0.25) is 4.90 Å². The maximum Gasteiger partial charge on any atom is 0.0189 e. The molecule has 1 fully saturated rings. The van der Waals surface area contributed by atoms with Gasteiger partial charge in [-0.2, -0.15) is 0 Å². The summed E-state index contributed by atoms with van der Waals surface area (Å²) in [5, 5.41) is 0. The molecule has 0 aromatic rings. The molecular weight excluding hydrogens is 136 g/mol. The van der Waals surface area contributed by atoms with Crippen molar-refractivity contribution in [2.75, 3.05) is 33.2 Å². The largest absolute Gasteiger partial charge is 0.304 e. The van der Waals surface area contributed by atoms with Crippen LogP contribution in [0.1, 0.15) is 13.8 Å². The maximum atomic E-state index is 5.96. The van der Waals surface area contributed by atoms with Crippen molar-refractivity contribution in [2.24, 2.45) is 0 Å². The molecule has 1 aliphatic rings. The van der Waals surface area contributed by atoms with Crippen LogP contribution >= 0.6 is 0 Å². The third-order valence-electron chi connectivity index (χ3n) is 2.32. The van der Waals surface area contributed by atoms with Gasteiger partial charge >= 0.3 is 0 Å². The molecule has 0 aliphatic carbocycles. The molecule has 1 heterocycles. The molecule has 0 N–H and O–H groups in total. The predicted molar refractivity (Wildman–Crippen MR) is 47.4 cm³/mol. The van der Waals surface area contributed by atoms with Crippen molar-refractivity contribution >= 4 is 0 Å². The number of rotatable bonds is 1. The molecule has 2 radical (unpaired) electrons. The minimum atomic E-state index is -0.138. The van der Waals surface area contributed by atoms with E-state index in [1.807, 2.05) is 0 Å². The highest BCUT2D eigenvalue weighted by molar-refractivity contribution is 4.86. The molecule has 0 aromatic heterocycles. The Balaban J connectivity index is 2.39. The molecule has 64 valence electrons. The monoisotopic (exact) mass is 154 g/mol. The van der Waals surface area contributed by atoms with Gasteiger partial charge in [0.2, 0.25) is 0 Å². The van der Waals surface area contributed by atoms with Gasteiger partial charge in [0.25, 0.3) is 0 Å². The summed E-state index contributed by atoms with van der Waals surface area (Å²) in [4.78, 5) is 4.66. The summed E-state index contributed by atoms with van der Waals surface area (Å²) in [6.07, 6.45) is 0. The summed E-state index contributed by atoms with van der Waals surface area (Å²) in [7, 11) is 2.15. The van der Waals surface area contributed by atoms with Crippen LogP contribution in [0, 0.1) is 6.92 Å². The summed E-state index contributed by atoms with van der Waals surface area (Å²) in [6, 6.07) is 0. The summed E-state index contributed by atoms with van der Waals surface area (Å²) >= 11 is 0. The van der Waals surface area contributed by atoms with E-state index >= 15 is 0 Å². The Bertz CT molecular complexity index is 118.